The van der Waals surface area contributed by atoms with Gasteiger partial charge in [0, 0.05) is 32.2 Å². The van der Waals surface area contributed by atoms with Crippen molar-refractivity contribution in [2.75, 3.05) is 39.8 Å². The van der Waals surface area contributed by atoms with Crippen molar-refractivity contribution in [1.82, 2.24) is 15.1 Å². The number of carbonyl (C=O) groups excluding carboxylic acids is 1. The molecule has 20 heavy (non-hydrogen) atoms. The number of rotatable bonds is 8. The van der Waals surface area contributed by atoms with Crippen LogP contribution >= 0.6 is 0 Å². The second-order valence-corrected chi connectivity index (χ2v) is 6.60. The minimum absolute atomic E-state index is 0.245. The molecule has 3 N–H and O–H groups in total. The van der Waals surface area contributed by atoms with Gasteiger partial charge < -0.3 is 20.9 Å². The molecule has 0 spiro atoms. The number of nitrogens with zero attached hydrogens (tertiary/aromatic N) is 2. The molecule has 118 valence electrons. The molecule has 0 aliphatic carbocycles. The van der Waals surface area contributed by atoms with Gasteiger partial charge in [0.05, 0.1) is 5.54 Å². The zero-order chi connectivity index (χ0) is 15.2. The van der Waals surface area contributed by atoms with Crippen LogP contribution in [-0.4, -0.2) is 67.1 Å². The molecule has 1 aliphatic rings. The van der Waals surface area contributed by atoms with E-state index in [4.69, 9.17) is 5.73 Å². The molecule has 1 aliphatic heterocycles. The van der Waals surface area contributed by atoms with Gasteiger partial charge in [0.25, 0.3) is 0 Å². The first kappa shape index (κ1) is 17.4. The van der Waals surface area contributed by atoms with Gasteiger partial charge in [-0.2, -0.15) is 0 Å². The number of hydrogen-bond donors (Lipinski definition) is 2. The van der Waals surface area contributed by atoms with E-state index in [1.807, 2.05) is 20.8 Å². The van der Waals surface area contributed by atoms with Crippen molar-refractivity contribution < 1.29 is 4.79 Å². The van der Waals surface area contributed by atoms with E-state index in [0.717, 1.165) is 52.0 Å². The third-order valence-corrected chi connectivity index (χ3v) is 4.15. The summed E-state index contributed by atoms with van der Waals surface area (Å²) in [6.07, 6.45) is 2.98. The molecule has 5 heteroatoms. The molecule has 1 heterocycles. The predicted octanol–water partition coefficient (Wildman–Crippen LogP) is 0.646. The van der Waals surface area contributed by atoms with Gasteiger partial charge >= 0.3 is 0 Å². The number of primary amides is 1. The van der Waals surface area contributed by atoms with E-state index < -0.39 is 5.54 Å². The fraction of sp³-hybridized carbons (Fsp3) is 0.933. The predicted molar refractivity (Wildman–Crippen MR) is 83.7 cm³/mol. The largest absolute Gasteiger partial charge is 0.368 e. The van der Waals surface area contributed by atoms with Gasteiger partial charge in [0.2, 0.25) is 5.91 Å². The van der Waals surface area contributed by atoms with E-state index in [-0.39, 0.29) is 11.9 Å². The molecule has 1 saturated heterocycles. The van der Waals surface area contributed by atoms with Crippen molar-refractivity contribution in [2.45, 2.75) is 51.6 Å². The molecule has 0 aromatic heterocycles. The molecule has 0 bridgehead atoms. The van der Waals surface area contributed by atoms with Crippen LogP contribution in [0.1, 0.15) is 40.0 Å². The van der Waals surface area contributed by atoms with E-state index in [1.54, 1.807) is 0 Å². The number of hydrogen-bond acceptors (Lipinski definition) is 4. The van der Waals surface area contributed by atoms with Crippen LogP contribution in [0.3, 0.4) is 0 Å². The fourth-order valence-corrected chi connectivity index (χ4v) is 2.79. The van der Waals surface area contributed by atoms with Crippen molar-refractivity contribution in [1.29, 1.82) is 0 Å². The fourth-order valence-electron chi connectivity index (χ4n) is 2.79. The smallest absolute Gasteiger partial charge is 0.237 e. The lowest BCUT2D eigenvalue weighted by atomic mass is 9.93. The summed E-state index contributed by atoms with van der Waals surface area (Å²) >= 11 is 0. The highest BCUT2D eigenvalue weighted by molar-refractivity contribution is 5.84. The highest BCUT2D eigenvalue weighted by Crippen LogP contribution is 2.15. The number of piperazine rings is 1. The van der Waals surface area contributed by atoms with Crippen LogP contribution in [0, 0.1) is 0 Å². The monoisotopic (exact) mass is 284 g/mol. The SMILES string of the molecule is CC(C)NC(C)(CCCCN1CCN(C)CC1)C(N)=O. The van der Waals surface area contributed by atoms with Gasteiger partial charge in [-0.15, -0.1) is 0 Å². The highest BCUT2D eigenvalue weighted by Gasteiger charge is 2.30. The van der Waals surface area contributed by atoms with Crippen LogP contribution in [0.5, 0.6) is 0 Å². The first-order valence-corrected chi connectivity index (χ1v) is 7.82. The van der Waals surface area contributed by atoms with Crippen LogP contribution < -0.4 is 11.1 Å². The Balaban J connectivity index is 2.25. The first-order chi connectivity index (χ1) is 9.33. The van der Waals surface area contributed by atoms with Crippen LogP contribution in [0.15, 0.2) is 0 Å². The maximum atomic E-state index is 11.6. The quantitative estimate of drug-likeness (QED) is 0.642. The van der Waals surface area contributed by atoms with Gasteiger partial charge in [0.1, 0.15) is 0 Å². The maximum absolute atomic E-state index is 11.6. The van der Waals surface area contributed by atoms with Gasteiger partial charge in [-0.1, -0.05) is 0 Å². The van der Waals surface area contributed by atoms with E-state index >= 15 is 0 Å². The van der Waals surface area contributed by atoms with Crippen LogP contribution in [0.2, 0.25) is 0 Å². The summed E-state index contributed by atoms with van der Waals surface area (Å²) in [6, 6.07) is 0.269. The molecule has 5 nitrogen and oxygen atoms in total. The van der Waals surface area contributed by atoms with Crippen LogP contribution in [0.25, 0.3) is 0 Å². The summed E-state index contributed by atoms with van der Waals surface area (Å²) in [6.45, 7) is 11.8. The van der Waals surface area contributed by atoms with Crippen molar-refractivity contribution in [3.63, 3.8) is 0 Å². The van der Waals surface area contributed by atoms with Gasteiger partial charge in [-0.25, -0.2) is 0 Å². The van der Waals surface area contributed by atoms with E-state index in [1.165, 1.54) is 0 Å². The Morgan fingerprint density at radius 2 is 1.85 bits per heavy atom. The van der Waals surface area contributed by atoms with E-state index in [9.17, 15) is 4.79 Å². The average molecular weight is 284 g/mol. The molecule has 1 rings (SSSR count). The summed E-state index contributed by atoms with van der Waals surface area (Å²) < 4.78 is 0. The number of carbonyl (C=O) groups is 1. The van der Waals surface area contributed by atoms with Crippen molar-refractivity contribution in [2.24, 2.45) is 5.73 Å². The summed E-state index contributed by atoms with van der Waals surface area (Å²) in [5.74, 6) is -0.245. The zero-order valence-corrected chi connectivity index (χ0v) is 13.6. The standard InChI is InChI=1S/C15H32N4O/c1-13(2)17-15(3,14(16)20)7-5-6-8-19-11-9-18(4)10-12-19/h13,17H,5-12H2,1-4H3,(H2,16,20). The van der Waals surface area contributed by atoms with Gasteiger partial charge in [-0.3, -0.25) is 4.79 Å². The minimum Gasteiger partial charge on any atom is -0.368 e. The minimum atomic E-state index is -0.573. The van der Waals surface area contributed by atoms with Crippen molar-refractivity contribution in [3.8, 4) is 0 Å². The molecular formula is C15H32N4O. The Bertz CT molecular complexity index is 300. The average Bonchev–Trinajstić information content (AvgIpc) is 2.36. The Hall–Kier alpha value is -0.650. The summed E-state index contributed by atoms with van der Waals surface area (Å²) in [5, 5.41) is 3.31. The lowest BCUT2D eigenvalue weighted by molar-refractivity contribution is -0.124. The van der Waals surface area contributed by atoms with Crippen molar-refractivity contribution >= 4 is 5.91 Å². The molecule has 1 fully saturated rings. The van der Waals surface area contributed by atoms with Gasteiger partial charge in [0.15, 0.2) is 0 Å². The molecule has 1 amide bonds. The lowest BCUT2D eigenvalue weighted by Gasteiger charge is -2.33. The molecular weight excluding hydrogens is 252 g/mol. The third kappa shape index (κ3) is 5.77. The zero-order valence-electron chi connectivity index (χ0n) is 13.6. The topological polar surface area (TPSA) is 61.6 Å². The number of likely N-dealkylation sites (N-methyl/N-ethyl adjacent to an activating group) is 1. The molecule has 0 radical (unpaired) electrons. The lowest BCUT2D eigenvalue weighted by Crippen LogP contribution is -2.55. The van der Waals surface area contributed by atoms with Crippen molar-refractivity contribution in [3.05, 3.63) is 0 Å². The first-order valence-electron chi connectivity index (χ1n) is 7.82. The van der Waals surface area contributed by atoms with Crippen LogP contribution in [0.4, 0.5) is 0 Å². The number of nitrogens with one attached hydrogen (secondary N) is 1. The molecule has 0 aromatic rings. The second-order valence-electron chi connectivity index (χ2n) is 6.60. The number of unbranched alkanes of at least 4 members (excludes halogenated alkanes) is 1. The normalized spacial score (nSPS) is 21.1. The molecule has 1 atom stereocenters. The number of nitrogens with two attached hydrogens (primary N) is 1. The van der Waals surface area contributed by atoms with Crippen LogP contribution in [-0.2, 0) is 4.79 Å². The third-order valence-electron chi connectivity index (χ3n) is 4.15. The Labute approximate surface area is 123 Å². The Kier molecular flexibility index (Phi) is 6.92. The van der Waals surface area contributed by atoms with E-state index in [0.29, 0.717) is 0 Å². The highest BCUT2D eigenvalue weighted by atomic mass is 16.1. The Morgan fingerprint density at radius 3 is 2.35 bits per heavy atom. The van der Waals surface area contributed by atoms with E-state index in [2.05, 4.69) is 22.2 Å². The number of amides is 1. The Morgan fingerprint density at radius 1 is 1.25 bits per heavy atom. The summed E-state index contributed by atoms with van der Waals surface area (Å²) in [4.78, 5) is 16.5. The summed E-state index contributed by atoms with van der Waals surface area (Å²) in [7, 11) is 2.17. The maximum Gasteiger partial charge on any atom is 0.237 e. The van der Waals surface area contributed by atoms with Gasteiger partial charge in [-0.05, 0) is 53.6 Å². The molecule has 0 aromatic carbocycles. The molecule has 1 unspecified atom stereocenters. The second kappa shape index (κ2) is 7.96. The summed E-state index contributed by atoms with van der Waals surface area (Å²) in [5.41, 5.74) is 4.97. The molecule has 0 saturated carbocycles.